The molecule has 1 amide bonds. The van der Waals surface area contributed by atoms with Crippen LogP contribution in [0.4, 0.5) is 4.79 Å². The van der Waals surface area contributed by atoms with Crippen LogP contribution >= 0.6 is 11.3 Å². The molecule has 1 aromatic carbocycles. The van der Waals surface area contributed by atoms with Crippen LogP contribution in [0.3, 0.4) is 0 Å². The highest BCUT2D eigenvalue weighted by Crippen LogP contribution is 2.11. The van der Waals surface area contributed by atoms with Crippen molar-refractivity contribution in [1.82, 2.24) is 15.5 Å². The minimum atomic E-state index is -1.15. The number of hydrogen-bond donors (Lipinski definition) is 2. The third kappa shape index (κ3) is 4.81. The van der Waals surface area contributed by atoms with Gasteiger partial charge in [-0.25, -0.2) is 9.59 Å². The van der Waals surface area contributed by atoms with Crippen molar-refractivity contribution in [2.45, 2.75) is 26.0 Å². The summed E-state index contributed by atoms with van der Waals surface area (Å²) in [5, 5.41) is 20.4. The van der Waals surface area contributed by atoms with Gasteiger partial charge in [0.2, 0.25) is 0 Å². The summed E-state index contributed by atoms with van der Waals surface area (Å²) in [6.45, 7) is 1.86. The topological polar surface area (TPSA) is 101 Å². The van der Waals surface area contributed by atoms with E-state index in [0.29, 0.717) is 5.01 Å². The molecule has 8 heteroatoms. The monoisotopic (exact) mass is 321 g/mol. The molecule has 0 aliphatic carbocycles. The standard InChI is InChI=1S/C14H15N3O4S/c1-9-16-17-12(22-9)7-11(13(18)19)15-14(20)21-8-10-5-3-2-4-6-10/h2-6,11H,7-8H2,1H3,(H,15,20)(H,18,19). The van der Waals surface area contributed by atoms with Crippen LogP contribution in [0.25, 0.3) is 0 Å². The molecule has 0 bridgehead atoms. The van der Waals surface area contributed by atoms with Crippen molar-refractivity contribution in [3.8, 4) is 0 Å². The van der Waals surface area contributed by atoms with Crippen LogP contribution in [-0.4, -0.2) is 33.4 Å². The van der Waals surface area contributed by atoms with E-state index >= 15 is 0 Å². The summed E-state index contributed by atoms with van der Waals surface area (Å²) in [6, 6.07) is 8.03. The van der Waals surface area contributed by atoms with Crippen molar-refractivity contribution in [2.24, 2.45) is 0 Å². The van der Waals surface area contributed by atoms with Crippen molar-refractivity contribution < 1.29 is 19.4 Å². The number of carbonyl (C=O) groups is 2. The fourth-order valence-electron chi connectivity index (χ4n) is 1.70. The first-order valence-corrected chi connectivity index (χ1v) is 7.35. The Morgan fingerprint density at radius 1 is 1.32 bits per heavy atom. The molecule has 0 fully saturated rings. The number of ether oxygens (including phenoxy) is 1. The Kier molecular flexibility index (Phi) is 5.42. The van der Waals surface area contributed by atoms with Crippen LogP contribution in [0.5, 0.6) is 0 Å². The maximum absolute atomic E-state index is 11.7. The van der Waals surface area contributed by atoms with Crippen LogP contribution in [0.1, 0.15) is 15.6 Å². The van der Waals surface area contributed by atoms with E-state index in [1.54, 1.807) is 6.92 Å². The minimum Gasteiger partial charge on any atom is -0.480 e. The van der Waals surface area contributed by atoms with Crippen molar-refractivity contribution >= 4 is 23.4 Å². The fraction of sp³-hybridized carbons (Fsp3) is 0.286. The highest BCUT2D eigenvalue weighted by molar-refractivity contribution is 7.11. The second-order valence-corrected chi connectivity index (χ2v) is 5.78. The van der Waals surface area contributed by atoms with Crippen molar-refractivity contribution in [1.29, 1.82) is 0 Å². The summed E-state index contributed by atoms with van der Waals surface area (Å²) in [5.74, 6) is -1.15. The second kappa shape index (κ2) is 7.51. The molecule has 1 unspecified atom stereocenters. The van der Waals surface area contributed by atoms with Gasteiger partial charge in [-0.2, -0.15) is 0 Å². The number of nitrogens with zero attached hydrogens (tertiary/aromatic N) is 2. The number of amides is 1. The number of nitrogens with one attached hydrogen (secondary N) is 1. The molecule has 0 aliphatic rings. The molecule has 0 saturated heterocycles. The molecule has 1 heterocycles. The number of rotatable bonds is 6. The molecule has 116 valence electrons. The molecule has 0 radical (unpaired) electrons. The molecule has 0 saturated carbocycles. The number of alkyl carbamates (subject to hydrolysis) is 1. The Morgan fingerprint density at radius 3 is 2.64 bits per heavy atom. The van der Waals surface area contributed by atoms with Crippen molar-refractivity contribution in [3.63, 3.8) is 0 Å². The average molecular weight is 321 g/mol. The molecule has 0 spiro atoms. The molecule has 2 aromatic rings. The van der Waals surface area contributed by atoms with Gasteiger partial charge >= 0.3 is 12.1 Å². The zero-order valence-corrected chi connectivity index (χ0v) is 12.7. The zero-order chi connectivity index (χ0) is 15.9. The van der Waals surface area contributed by atoms with Crippen LogP contribution in [0.15, 0.2) is 30.3 Å². The first kappa shape index (κ1) is 15.9. The molecule has 1 atom stereocenters. The quantitative estimate of drug-likeness (QED) is 0.841. The van der Waals surface area contributed by atoms with E-state index in [2.05, 4.69) is 15.5 Å². The number of carboxylic acid groups (broad SMARTS) is 1. The number of benzene rings is 1. The van der Waals surface area contributed by atoms with Gasteiger partial charge in [-0.05, 0) is 12.5 Å². The normalized spacial score (nSPS) is 11.7. The molecule has 0 aliphatic heterocycles. The van der Waals surface area contributed by atoms with Crippen LogP contribution in [0.2, 0.25) is 0 Å². The van der Waals surface area contributed by atoms with E-state index in [9.17, 15) is 9.59 Å². The third-order valence-corrected chi connectivity index (χ3v) is 3.61. The zero-order valence-electron chi connectivity index (χ0n) is 11.9. The van der Waals surface area contributed by atoms with Gasteiger partial charge in [0.15, 0.2) is 0 Å². The molecular weight excluding hydrogens is 306 g/mol. The van der Waals surface area contributed by atoms with Crippen LogP contribution in [-0.2, 0) is 22.6 Å². The predicted molar refractivity (Wildman–Crippen MR) is 79.5 cm³/mol. The van der Waals surface area contributed by atoms with E-state index < -0.39 is 18.1 Å². The maximum atomic E-state index is 11.7. The lowest BCUT2D eigenvalue weighted by atomic mass is 10.2. The number of carbonyl (C=O) groups excluding carboxylic acids is 1. The Hall–Kier alpha value is -2.48. The maximum Gasteiger partial charge on any atom is 0.408 e. The first-order chi connectivity index (χ1) is 10.5. The highest BCUT2D eigenvalue weighted by atomic mass is 32.1. The fourth-order valence-corrected chi connectivity index (χ4v) is 2.46. The summed E-state index contributed by atoms with van der Waals surface area (Å²) < 4.78 is 5.01. The summed E-state index contributed by atoms with van der Waals surface area (Å²) in [4.78, 5) is 22.9. The smallest absolute Gasteiger partial charge is 0.408 e. The van der Waals surface area contributed by atoms with E-state index in [1.807, 2.05) is 30.3 Å². The Morgan fingerprint density at radius 2 is 2.05 bits per heavy atom. The van der Waals surface area contributed by atoms with Gasteiger partial charge in [0.1, 0.15) is 22.7 Å². The van der Waals surface area contributed by atoms with E-state index in [4.69, 9.17) is 9.84 Å². The number of aromatic nitrogens is 2. The largest absolute Gasteiger partial charge is 0.480 e. The number of aliphatic carboxylic acids is 1. The van der Waals surface area contributed by atoms with E-state index in [-0.39, 0.29) is 13.0 Å². The Labute approximate surface area is 131 Å². The summed E-state index contributed by atoms with van der Waals surface area (Å²) >= 11 is 1.29. The molecule has 22 heavy (non-hydrogen) atoms. The molecule has 7 nitrogen and oxygen atoms in total. The first-order valence-electron chi connectivity index (χ1n) is 6.53. The summed E-state index contributed by atoms with van der Waals surface area (Å²) in [7, 11) is 0. The molecule has 1 aromatic heterocycles. The van der Waals surface area contributed by atoms with Gasteiger partial charge in [-0.3, -0.25) is 0 Å². The number of hydrogen-bond acceptors (Lipinski definition) is 6. The molecule has 2 N–H and O–H groups in total. The summed E-state index contributed by atoms with van der Waals surface area (Å²) in [5.41, 5.74) is 0.823. The van der Waals surface area contributed by atoms with Gasteiger partial charge in [-0.15, -0.1) is 21.5 Å². The molecule has 2 rings (SSSR count). The number of carboxylic acids is 1. The van der Waals surface area contributed by atoms with Gasteiger partial charge < -0.3 is 15.2 Å². The average Bonchev–Trinajstić information content (AvgIpc) is 2.91. The van der Waals surface area contributed by atoms with E-state index in [0.717, 1.165) is 10.6 Å². The summed E-state index contributed by atoms with van der Waals surface area (Å²) in [6.07, 6.45) is -0.709. The van der Waals surface area contributed by atoms with Crippen molar-refractivity contribution in [3.05, 3.63) is 45.9 Å². The van der Waals surface area contributed by atoms with Crippen LogP contribution in [0, 0.1) is 6.92 Å². The second-order valence-electron chi connectivity index (χ2n) is 4.52. The van der Waals surface area contributed by atoms with Crippen LogP contribution < -0.4 is 5.32 Å². The lowest BCUT2D eigenvalue weighted by Crippen LogP contribution is -2.42. The third-order valence-electron chi connectivity index (χ3n) is 2.75. The SMILES string of the molecule is Cc1nnc(CC(NC(=O)OCc2ccccc2)C(=O)O)s1. The lowest BCUT2D eigenvalue weighted by molar-refractivity contribution is -0.139. The Bertz CT molecular complexity index is 645. The van der Waals surface area contributed by atoms with Gasteiger partial charge in [0.25, 0.3) is 0 Å². The minimum absolute atomic E-state index is 0.0707. The predicted octanol–water partition coefficient (Wildman–Crippen LogP) is 1.77. The van der Waals surface area contributed by atoms with E-state index in [1.165, 1.54) is 11.3 Å². The van der Waals surface area contributed by atoms with Gasteiger partial charge in [0, 0.05) is 6.42 Å². The number of aryl methyl sites for hydroxylation is 1. The highest BCUT2D eigenvalue weighted by Gasteiger charge is 2.22. The van der Waals surface area contributed by atoms with Gasteiger partial charge in [0.05, 0.1) is 0 Å². The Balaban J connectivity index is 1.87. The van der Waals surface area contributed by atoms with Gasteiger partial charge in [-0.1, -0.05) is 30.3 Å². The lowest BCUT2D eigenvalue weighted by Gasteiger charge is -2.13. The van der Waals surface area contributed by atoms with Crippen molar-refractivity contribution in [2.75, 3.05) is 0 Å². The molecular formula is C14H15N3O4S.